The fourth-order valence-electron chi connectivity index (χ4n) is 10.5. The number of carbonyl (C=O) groups excluding carboxylic acids is 8. The molecule has 8 atom stereocenters. The SMILES string of the molecule is CCCCCCCCCCCCCC(=O)N[C@@H](CC(=O)O)C(=O)N[C@@H](CCCN=C(N)N)C(=O)N[C@H](C(=O)N[C@@H](Cc1ccc(O)cc1)C(=O)N[C@H](C(=O)N[C@@H](Cc1cnc[nH]1)C(=O)N1CCC[C@H]1C(=O)N[C@@H](Cc1ccccc1)C(=O)O)C(C)C)C(C)C. The zero-order valence-electron chi connectivity index (χ0n) is 52.1. The molecule has 1 saturated heterocycles. The Kier molecular flexibility index (Phi) is 31.7. The van der Waals surface area contributed by atoms with Crippen LogP contribution in [0.5, 0.6) is 5.75 Å². The molecule has 0 saturated carbocycles. The first kappa shape index (κ1) is 72.9. The van der Waals surface area contributed by atoms with Gasteiger partial charge in [0, 0.05) is 50.7 Å². The summed E-state index contributed by atoms with van der Waals surface area (Å²) in [7, 11) is 0. The highest BCUT2D eigenvalue weighted by atomic mass is 16.4. The number of nitrogens with zero attached hydrogens (tertiary/aromatic N) is 3. The number of hydrogen-bond donors (Lipinski definition) is 13. The summed E-state index contributed by atoms with van der Waals surface area (Å²) in [6.07, 6.45) is 14.1. The molecule has 0 radical (unpaired) electrons. The number of rotatable bonds is 41. The minimum atomic E-state index is -1.56. The molecule has 0 aliphatic carbocycles. The first-order valence-corrected chi connectivity index (χ1v) is 31.2. The molecular formula is C63H95N13O13. The second-order valence-corrected chi connectivity index (χ2v) is 23.5. The number of unbranched alkanes of at least 4 members (excludes halogenated alkanes) is 10. The molecule has 8 amide bonds. The fraction of sp³-hybridized carbons (Fsp3) is 0.587. The summed E-state index contributed by atoms with van der Waals surface area (Å²) < 4.78 is 0. The second kappa shape index (κ2) is 38.6. The molecule has 2 aromatic carbocycles. The van der Waals surface area contributed by atoms with Gasteiger partial charge in [0.25, 0.3) is 0 Å². The smallest absolute Gasteiger partial charge is 0.326 e. The molecule has 1 fully saturated rings. The third-order valence-corrected chi connectivity index (χ3v) is 15.4. The Hall–Kier alpha value is -8.58. The van der Waals surface area contributed by atoms with E-state index in [4.69, 9.17) is 11.5 Å². The van der Waals surface area contributed by atoms with Crippen molar-refractivity contribution in [3.05, 3.63) is 83.9 Å². The highest BCUT2D eigenvalue weighted by Gasteiger charge is 2.41. The maximum absolute atomic E-state index is 14.7. The average molecular weight is 1240 g/mol. The van der Waals surface area contributed by atoms with Crippen LogP contribution in [0, 0.1) is 11.8 Å². The van der Waals surface area contributed by atoms with Crippen LogP contribution in [0.25, 0.3) is 0 Å². The third kappa shape index (κ3) is 26.3. The van der Waals surface area contributed by atoms with Gasteiger partial charge in [-0.1, -0.05) is 141 Å². The largest absolute Gasteiger partial charge is 0.508 e. The minimum absolute atomic E-state index is 0.00866. The maximum Gasteiger partial charge on any atom is 0.326 e. The number of aromatic hydroxyl groups is 1. The lowest BCUT2D eigenvalue weighted by Gasteiger charge is -2.31. The lowest BCUT2D eigenvalue weighted by atomic mass is 9.98. The van der Waals surface area contributed by atoms with E-state index in [1.54, 1.807) is 58.0 Å². The fourth-order valence-corrected chi connectivity index (χ4v) is 10.5. The highest BCUT2D eigenvalue weighted by Crippen LogP contribution is 2.22. The van der Waals surface area contributed by atoms with E-state index in [2.05, 4.69) is 59.1 Å². The van der Waals surface area contributed by atoms with E-state index in [0.29, 0.717) is 29.7 Å². The summed E-state index contributed by atoms with van der Waals surface area (Å²) >= 11 is 0. The van der Waals surface area contributed by atoms with E-state index in [9.17, 15) is 63.3 Å². The Morgan fingerprint density at radius 2 is 1.16 bits per heavy atom. The summed E-state index contributed by atoms with van der Waals surface area (Å²) in [6.45, 7) is 8.86. The highest BCUT2D eigenvalue weighted by molar-refractivity contribution is 5.99. The van der Waals surface area contributed by atoms with Crippen molar-refractivity contribution in [1.29, 1.82) is 0 Å². The molecule has 0 unspecified atom stereocenters. The van der Waals surface area contributed by atoms with Crippen molar-refractivity contribution in [1.82, 2.24) is 52.1 Å². The number of nitrogens with one attached hydrogen (secondary N) is 8. The van der Waals surface area contributed by atoms with Crippen molar-refractivity contribution >= 4 is 65.2 Å². The third-order valence-electron chi connectivity index (χ3n) is 15.4. The summed E-state index contributed by atoms with van der Waals surface area (Å²) in [4.78, 5) is 150. The Bertz CT molecular complexity index is 2780. The number of aliphatic carboxylic acids is 2. The van der Waals surface area contributed by atoms with Gasteiger partial charge in [0.1, 0.15) is 54.1 Å². The molecule has 2 heterocycles. The van der Waals surface area contributed by atoms with E-state index in [1.807, 2.05) is 0 Å². The van der Waals surface area contributed by atoms with Gasteiger partial charge < -0.3 is 73.9 Å². The number of aromatic amines is 1. The monoisotopic (exact) mass is 1240 g/mol. The maximum atomic E-state index is 14.7. The standard InChI is InChI=1S/C63H95N13O13/c1-6-7-8-9-10-11-12-13-14-15-19-26-51(78)69-47(36-52(79)80)56(82)70-45(24-20-31-67-63(64)65)55(81)74-53(39(2)3)59(85)71-46(33-42-27-29-44(77)30-28-42)57(83)75-54(40(4)5)60(86)72-48(35-43-37-66-38-68-43)61(87)76-32-21-25-50(76)58(84)73-49(62(88)89)34-41-22-17-16-18-23-41/h16-18,22-23,27-30,37-40,45-50,53-54,77H,6-15,19-21,24-26,31-36H2,1-5H3,(H,66,68)(H,69,78)(H,70,82)(H,71,85)(H,72,86)(H,73,84)(H,74,81)(H,75,83)(H,79,80)(H,88,89)(H4,64,65,67)/t45-,46-,47-,48-,49-,50-,53-,54-/m0/s1. The number of hydrogen-bond acceptors (Lipinski definition) is 13. The minimum Gasteiger partial charge on any atom is -0.508 e. The van der Waals surface area contributed by atoms with Gasteiger partial charge in [0.05, 0.1) is 12.7 Å². The Morgan fingerprint density at radius 3 is 1.71 bits per heavy atom. The van der Waals surface area contributed by atoms with Crippen molar-refractivity contribution in [2.75, 3.05) is 13.1 Å². The van der Waals surface area contributed by atoms with Gasteiger partial charge >= 0.3 is 11.9 Å². The topological polar surface area (TPSA) is 412 Å². The summed E-state index contributed by atoms with van der Waals surface area (Å²) in [5.74, 6) is -10.5. The van der Waals surface area contributed by atoms with Gasteiger partial charge in [-0.3, -0.25) is 48.1 Å². The Balaban J connectivity index is 1.52. The lowest BCUT2D eigenvalue weighted by Crippen LogP contribution is -2.62. The van der Waals surface area contributed by atoms with Crippen molar-refractivity contribution < 1.29 is 63.3 Å². The molecule has 1 aromatic heterocycles. The Morgan fingerprint density at radius 1 is 0.618 bits per heavy atom. The van der Waals surface area contributed by atoms with Crippen LogP contribution in [0.4, 0.5) is 0 Å². The number of carbonyl (C=O) groups is 10. The molecular weight excluding hydrogens is 1150 g/mol. The van der Waals surface area contributed by atoms with E-state index >= 15 is 0 Å². The zero-order valence-corrected chi connectivity index (χ0v) is 52.1. The molecule has 1 aliphatic rings. The number of imidazole rings is 1. The van der Waals surface area contributed by atoms with Crippen LogP contribution in [0.2, 0.25) is 0 Å². The number of amides is 8. The van der Waals surface area contributed by atoms with Gasteiger partial charge in [-0.25, -0.2) is 9.78 Å². The average Bonchev–Trinajstić information content (AvgIpc) is 2.72. The Labute approximate surface area is 521 Å². The molecule has 490 valence electrons. The van der Waals surface area contributed by atoms with Gasteiger partial charge in [0.15, 0.2) is 5.96 Å². The molecule has 3 aromatic rings. The van der Waals surface area contributed by atoms with Gasteiger partial charge in [-0.2, -0.15) is 0 Å². The predicted molar refractivity (Wildman–Crippen MR) is 333 cm³/mol. The molecule has 1 aliphatic heterocycles. The van der Waals surface area contributed by atoms with Crippen LogP contribution in [0.3, 0.4) is 0 Å². The van der Waals surface area contributed by atoms with Crippen LogP contribution in [-0.2, 0) is 67.2 Å². The van der Waals surface area contributed by atoms with E-state index in [1.165, 1.54) is 73.8 Å². The van der Waals surface area contributed by atoms with E-state index < -0.39 is 126 Å². The molecule has 26 nitrogen and oxygen atoms in total. The summed E-state index contributed by atoms with van der Waals surface area (Å²) in [5, 5.41) is 48.5. The normalized spacial score (nSPS) is 15.3. The number of likely N-dealkylation sites (tertiary alicyclic amines) is 1. The van der Waals surface area contributed by atoms with Gasteiger partial charge in [-0.15, -0.1) is 0 Å². The molecule has 4 rings (SSSR count). The van der Waals surface area contributed by atoms with Crippen molar-refractivity contribution in [3.63, 3.8) is 0 Å². The van der Waals surface area contributed by atoms with Crippen LogP contribution >= 0.6 is 0 Å². The number of aromatic nitrogens is 2. The molecule has 15 N–H and O–H groups in total. The van der Waals surface area contributed by atoms with Crippen molar-refractivity contribution in [2.24, 2.45) is 28.3 Å². The number of carboxylic acid groups (broad SMARTS) is 2. The molecule has 26 heteroatoms. The van der Waals surface area contributed by atoms with Crippen molar-refractivity contribution in [2.45, 2.75) is 211 Å². The first-order valence-electron chi connectivity index (χ1n) is 31.2. The van der Waals surface area contributed by atoms with Crippen LogP contribution in [-0.4, -0.2) is 157 Å². The lowest BCUT2D eigenvalue weighted by molar-refractivity contribution is -0.145. The van der Waals surface area contributed by atoms with Gasteiger partial charge in [0.2, 0.25) is 47.3 Å². The number of phenolic OH excluding ortho intramolecular Hbond substituents is 1. The number of H-pyrrole nitrogens is 1. The number of guanidine groups is 1. The molecule has 0 spiro atoms. The summed E-state index contributed by atoms with van der Waals surface area (Å²) in [5.41, 5.74) is 12.7. The van der Waals surface area contributed by atoms with Gasteiger partial charge in [-0.05, 0) is 67.2 Å². The van der Waals surface area contributed by atoms with Crippen molar-refractivity contribution in [3.8, 4) is 5.75 Å². The predicted octanol–water partition coefficient (Wildman–Crippen LogP) is 3.15. The number of aliphatic imine (C=N–C) groups is 1. The molecule has 0 bridgehead atoms. The number of phenols is 1. The van der Waals surface area contributed by atoms with E-state index in [0.717, 1.165) is 32.1 Å². The zero-order chi connectivity index (χ0) is 65.4. The second-order valence-electron chi connectivity index (χ2n) is 23.5. The first-order chi connectivity index (χ1) is 42.5. The number of carboxylic acids is 2. The quantitative estimate of drug-likeness (QED) is 0.0220. The van der Waals surface area contributed by atoms with Crippen LogP contribution < -0.4 is 48.7 Å². The number of nitrogens with two attached hydrogens (primary N) is 2. The number of benzene rings is 2. The van der Waals surface area contributed by atoms with Crippen LogP contribution in [0.15, 0.2) is 72.1 Å². The van der Waals surface area contributed by atoms with E-state index in [-0.39, 0.29) is 69.7 Å². The van der Waals surface area contributed by atoms with Crippen LogP contribution in [0.1, 0.15) is 161 Å². The summed E-state index contributed by atoms with van der Waals surface area (Å²) in [6, 6.07) is 3.66. The molecule has 89 heavy (non-hydrogen) atoms.